The Morgan fingerprint density at radius 1 is 1.05 bits per heavy atom. The van der Waals surface area contributed by atoms with E-state index in [4.69, 9.17) is 10.5 Å². The van der Waals surface area contributed by atoms with Crippen LogP contribution in [0.25, 0.3) is 0 Å². The van der Waals surface area contributed by atoms with Crippen LogP contribution in [0.4, 0.5) is 0 Å². The number of benzene rings is 1. The molecule has 1 aliphatic rings. The van der Waals surface area contributed by atoms with Crippen molar-refractivity contribution in [1.29, 1.82) is 0 Å². The van der Waals surface area contributed by atoms with E-state index in [0.29, 0.717) is 5.92 Å². The Balaban J connectivity index is 1.97. The number of hydrogen-bond donors (Lipinski definition) is 1. The van der Waals surface area contributed by atoms with Gasteiger partial charge in [0.2, 0.25) is 0 Å². The molecule has 2 nitrogen and oxygen atoms in total. The van der Waals surface area contributed by atoms with E-state index in [0.717, 1.165) is 19.4 Å². The third-order valence-corrected chi connectivity index (χ3v) is 4.80. The predicted molar refractivity (Wildman–Crippen MR) is 89.5 cm³/mol. The zero-order valence-electron chi connectivity index (χ0n) is 13.7. The molecule has 0 amide bonds. The lowest BCUT2D eigenvalue weighted by molar-refractivity contribution is -0.00912. The second-order valence-corrected chi connectivity index (χ2v) is 6.36. The molecule has 2 atom stereocenters. The second kappa shape index (κ2) is 8.55. The fraction of sp³-hybridized carbons (Fsp3) is 0.684. The van der Waals surface area contributed by atoms with Gasteiger partial charge in [-0.15, -0.1) is 0 Å². The van der Waals surface area contributed by atoms with Gasteiger partial charge in [0.05, 0.1) is 6.10 Å². The van der Waals surface area contributed by atoms with Crippen LogP contribution >= 0.6 is 0 Å². The summed E-state index contributed by atoms with van der Waals surface area (Å²) in [5.41, 5.74) is 9.24. The Kier molecular flexibility index (Phi) is 6.72. The van der Waals surface area contributed by atoms with E-state index in [9.17, 15) is 0 Å². The summed E-state index contributed by atoms with van der Waals surface area (Å²) in [6.07, 6.45) is 8.86. The van der Waals surface area contributed by atoms with Gasteiger partial charge in [-0.2, -0.15) is 0 Å². The van der Waals surface area contributed by atoms with Crippen LogP contribution in [0.3, 0.4) is 0 Å². The van der Waals surface area contributed by atoms with Crippen molar-refractivity contribution in [3.63, 3.8) is 0 Å². The first-order valence-electron chi connectivity index (χ1n) is 8.69. The molecule has 21 heavy (non-hydrogen) atoms. The van der Waals surface area contributed by atoms with Crippen LogP contribution in [0.5, 0.6) is 0 Å². The summed E-state index contributed by atoms with van der Waals surface area (Å²) in [7, 11) is 0. The van der Waals surface area contributed by atoms with Crippen LogP contribution in [-0.2, 0) is 17.6 Å². The molecular formula is C19H31NO. The molecule has 1 aliphatic carbocycles. The van der Waals surface area contributed by atoms with Gasteiger partial charge in [0.1, 0.15) is 0 Å². The monoisotopic (exact) mass is 289 g/mol. The molecule has 0 radical (unpaired) electrons. The van der Waals surface area contributed by atoms with Crippen LogP contribution in [0.1, 0.15) is 57.1 Å². The molecule has 2 unspecified atom stereocenters. The molecule has 1 aromatic rings. The average Bonchev–Trinajstić information content (AvgIpc) is 2.54. The van der Waals surface area contributed by atoms with E-state index in [1.165, 1.54) is 43.2 Å². The fourth-order valence-electron chi connectivity index (χ4n) is 3.56. The highest BCUT2D eigenvalue weighted by Crippen LogP contribution is 2.30. The first kappa shape index (κ1) is 16.5. The summed E-state index contributed by atoms with van der Waals surface area (Å²) in [4.78, 5) is 0. The molecule has 2 heteroatoms. The molecule has 118 valence electrons. The van der Waals surface area contributed by atoms with Gasteiger partial charge in [-0.3, -0.25) is 0 Å². The quantitative estimate of drug-likeness (QED) is 0.820. The predicted octanol–water partition coefficient (Wildman–Crippen LogP) is 4.10. The summed E-state index contributed by atoms with van der Waals surface area (Å²) in [5, 5.41) is 0. The lowest BCUT2D eigenvalue weighted by Crippen LogP contribution is -2.44. The Bertz CT molecular complexity index is 395. The van der Waals surface area contributed by atoms with Crippen LogP contribution < -0.4 is 5.73 Å². The van der Waals surface area contributed by atoms with Crippen LogP contribution in [0.2, 0.25) is 0 Å². The fourth-order valence-corrected chi connectivity index (χ4v) is 3.56. The molecular weight excluding hydrogens is 258 g/mol. The van der Waals surface area contributed by atoms with Crippen LogP contribution in [0, 0.1) is 5.92 Å². The van der Waals surface area contributed by atoms with Crippen molar-refractivity contribution in [2.45, 2.75) is 70.9 Å². The first-order valence-corrected chi connectivity index (χ1v) is 8.69. The third kappa shape index (κ3) is 4.82. The lowest BCUT2D eigenvalue weighted by atomic mass is 9.81. The van der Waals surface area contributed by atoms with E-state index in [2.05, 4.69) is 38.1 Å². The molecule has 1 fully saturated rings. The molecule has 0 heterocycles. The van der Waals surface area contributed by atoms with Gasteiger partial charge in [0.15, 0.2) is 0 Å². The Morgan fingerprint density at radius 2 is 1.67 bits per heavy atom. The van der Waals surface area contributed by atoms with Gasteiger partial charge in [0, 0.05) is 12.6 Å². The molecule has 0 spiro atoms. The molecule has 1 saturated carbocycles. The molecule has 0 bridgehead atoms. The highest BCUT2D eigenvalue weighted by Gasteiger charge is 2.29. The van der Waals surface area contributed by atoms with E-state index in [1.54, 1.807) is 0 Å². The van der Waals surface area contributed by atoms with Gasteiger partial charge < -0.3 is 10.5 Å². The van der Waals surface area contributed by atoms with Crippen molar-refractivity contribution in [3.8, 4) is 0 Å². The van der Waals surface area contributed by atoms with Crippen LogP contribution in [-0.4, -0.2) is 18.8 Å². The molecule has 0 saturated heterocycles. The summed E-state index contributed by atoms with van der Waals surface area (Å²) in [6.45, 7) is 5.04. The summed E-state index contributed by atoms with van der Waals surface area (Å²) in [5.74, 6) is 0.656. The van der Waals surface area contributed by atoms with Crippen molar-refractivity contribution >= 4 is 0 Å². The van der Waals surface area contributed by atoms with E-state index in [1.807, 2.05) is 0 Å². The minimum atomic E-state index is 0.112. The van der Waals surface area contributed by atoms with Gasteiger partial charge >= 0.3 is 0 Å². The smallest absolute Gasteiger partial charge is 0.0757 e. The average molecular weight is 289 g/mol. The van der Waals surface area contributed by atoms with Gasteiger partial charge in [0.25, 0.3) is 0 Å². The van der Waals surface area contributed by atoms with E-state index in [-0.39, 0.29) is 12.1 Å². The van der Waals surface area contributed by atoms with Gasteiger partial charge in [-0.05, 0) is 49.7 Å². The van der Waals surface area contributed by atoms with Gasteiger partial charge in [-0.1, -0.05) is 50.5 Å². The number of hydrogen-bond acceptors (Lipinski definition) is 2. The summed E-state index contributed by atoms with van der Waals surface area (Å²) < 4.78 is 6.04. The highest BCUT2D eigenvalue weighted by molar-refractivity contribution is 5.23. The summed E-state index contributed by atoms with van der Waals surface area (Å²) >= 11 is 0. The van der Waals surface area contributed by atoms with Crippen LogP contribution in [0.15, 0.2) is 24.3 Å². The standard InChI is InChI=1S/C19H31NO/c1-3-15-10-12-16(13-11-15)14-18(20)19(21-4-2)17-8-6-5-7-9-17/h10-13,17-19H,3-9,14,20H2,1-2H3. The third-order valence-electron chi connectivity index (χ3n) is 4.80. The van der Waals surface area contributed by atoms with Crippen molar-refractivity contribution in [2.24, 2.45) is 11.7 Å². The van der Waals surface area contributed by atoms with Crippen molar-refractivity contribution < 1.29 is 4.74 Å². The lowest BCUT2D eigenvalue weighted by Gasteiger charge is -2.34. The Hall–Kier alpha value is -0.860. The molecule has 0 aromatic heterocycles. The maximum absolute atomic E-state index is 6.51. The van der Waals surface area contributed by atoms with Crippen molar-refractivity contribution in [1.82, 2.24) is 0 Å². The Labute approximate surface area is 130 Å². The number of nitrogens with two attached hydrogens (primary N) is 1. The largest absolute Gasteiger partial charge is 0.377 e. The number of rotatable bonds is 7. The second-order valence-electron chi connectivity index (χ2n) is 6.36. The minimum Gasteiger partial charge on any atom is -0.377 e. The maximum Gasteiger partial charge on any atom is 0.0757 e. The van der Waals surface area contributed by atoms with Crippen molar-refractivity contribution in [3.05, 3.63) is 35.4 Å². The molecule has 1 aromatic carbocycles. The van der Waals surface area contributed by atoms with Gasteiger partial charge in [-0.25, -0.2) is 0 Å². The summed E-state index contributed by atoms with van der Waals surface area (Å²) in [6, 6.07) is 9.00. The first-order chi connectivity index (χ1) is 10.2. The molecule has 2 N–H and O–H groups in total. The van der Waals surface area contributed by atoms with E-state index >= 15 is 0 Å². The maximum atomic E-state index is 6.51. The number of aryl methyl sites for hydroxylation is 1. The van der Waals surface area contributed by atoms with E-state index < -0.39 is 0 Å². The SMILES string of the molecule is CCOC(C(N)Cc1ccc(CC)cc1)C1CCCCC1. The zero-order chi connectivity index (χ0) is 15.1. The minimum absolute atomic E-state index is 0.112. The molecule has 2 rings (SSSR count). The zero-order valence-corrected chi connectivity index (χ0v) is 13.7. The highest BCUT2D eigenvalue weighted by atomic mass is 16.5. The number of ether oxygens (including phenoxy) is 1. The normalized spacial score (nSPS) is 19.4. The van der Waals surface area contributed by atoms with Crippen molar-refractivity contribution in [2.75, 3.05) is 6.61 Å². The topological polar surface area (TPSA) is 35.2 Å². The molecule has 0 aliphatic heterocycles. The Morgan fingerprint density at radius 3 is 2.24 bits per heavy atom.